The van der Waals surface area contributed by atoms with Gasteiger partial charge in [-0.1, -0.05) is 43.9 Å². The number of likely N-dealkylation sites (N-methyl/N-ethyl adjacent to an activating group) is 1. The molecular formula is C17H26FNO. The van der Waals surface area contributed by atoms with Gasteiger partial charge in [-0.05, 0) is 32.9 Å². The molecule has 1 aliphatic rings. The predicted molar refractivity (Wildman–Crippen MR) is 80.3 cm³/mol. The van der Waals surface area contributed by atoms with Gasteiger partial charge in [0, 0.05) is 12.2 Å². The lowest BCUT2D eigenvalue weighted by atomic mass is 9.82. The maximum Gasteiger partial charge on any atom is 0.128 e. The van der Waals surface area contributed by atoms with Crippen LogP contribution in [0.3, 0.4) is 0 Å². The van der Waals surface area contributed by atoms with Gasteiger partial charge in [0.15, 0.2) is 0 Å². The summed E-state index contributed by atoms with van der Waals surface area (Å²) >= 11 is 0. The highest BCUT2D eigenvalue weighted by Gasteiger charge is 2.40. The molecule has 1 saturated carbocycles. The van der Waals surface area contributed by atoms with Crippen LogP contribution in [0.4, 0.5) is 4.39 Å². The highest BCUT2D eigenvalue weighted by atomic mass is 19.1. The monoisotopic (exact) mass is 279 g/mol. The highest BCUT2D eigenvalue weighted by Crippen LogP contribution is 2.41. The van der Waals surface area contributed by atoms with Crippen LogP contribution in [0.5, 0.6) is 0 Å². The van der Waals surface area contributed by atoms with Crippen LogP contribution in [0.15, 0.2) is 24.3 Å². The highest BCUT2D eigenvalue weighted by molar-refractivity contribution is 5.24. The van der Waals surface area contributed by atoms with E-state index in [1.54, 1.807) is 6.07 Å². The van der Waals surface area contributed by atoms with Gasteiger partial charge in [-0.15, -0.1) is 0 Å². The van der Waals surface area contributed by atoms with Gasteiger partial charge in [0.25, 0.3) is 0 Å². The molecule has 1 aromatic carbocycles. The molecule has 0 amide bonds. The first-order valence-electron chi connectivity index (χ1n) is 7.79. The van der Waals surface area contributed by atoms with Crippen LogP contribution in [0.25, 0.3) is 0 Å². The Kier molecular flexibility index (Phi) is 5.55. The Bertz CT molecular complexity index is 413. The van der Waals surface area contributed by atoms with Gasteiger partial charge in [0.1, 0.15) is 5.82 Å². The summed E-state index contributed by atoms with van der Waals surface area (Å²) in [5.74, 6) is -0.143. The summed E-state index contributed by atoms with van der Waals surface area (Å²) in [6.45, 7) is 2.70. The van der Waals surface area contributed by atoms with E-state index in [4.69, 9.17) is 4.74 Å². The van der Waals surface area contributed by atoms with Gasteiger partial charge in [0.05, 0.1) is 11.6 Å². The first kappa shape index (κ1) is 15.5. The van der Waals surface area contributed by atoms with E-state index in [-0.39, 0.29) is 17.5 Å². The summed E-state index contributed by atoms with van der Waals surface area (Å²) < 4.78 is 20.4. The van der Waals surface area contributed by atoms with E-state index < -0.39 is 0 Å². The number of hydrogen-bond donors (Lipinski definition) is 1. The van der Waals surface area contributed by atoms with Crippen molar-refractivity contribution in [3.05, 3.63) is 35.6 Å². The molecule has 20 heavy (non-hydrogen) atoms. The number of nitrogens with one attached hydrogen (secondary N) is 1. The summed E-state index contributed by atoms with van der Waals surface area (Å²) in [5.41, 5.74) is 0.452. The standard InChI is InChI=1S/C17H26FNO/c1-3-20-17(12-8-4-5-9-13-17)16(19-2)14-10-6-7-11-15(14)18/h6-7,10-11,16,19H,3-5,8-9,12-13H2,1-2H3. The second-order valence-electron chi connectivity index (χ2n) is 5.66. The molecule has 1 fully saturated rings. The number of halogens is 1. The van der Waals surface area contributed by atoms with Gasteiger partial charge in [0.2, 0.25) is 0 Å². The summed E-state index contributed by atoms with van der Waals surface area (Å²) in [7, 11) is 1.91. The average Bonchev–Trinajstić information content (AvgIpc) is 2.69. The lowest BCUT2D eigenvalue weighted by Gasteiger charge is -2.40. The molecule has 0 heterocycles. The number of ether oxygens (including phenoxy) is 1. The average molecular weight is 279 g/mol. The van der Waals surface area contributed by atoms with Crippen molar-refractivity contribution in [1.82, 2.24) is 5.32 Å². The van der Waals surface area contributed by atoms with E-state index in [1.165, 1.54) is 18.9 Å². The van der Waals surface area contributed by atoms with Crippen molar-refractivity contribution in [3.8, 4) is 0 Å². The maximum atomic E-state index is 14.2. The third-order valence-electron chi connectivity index (χ3n) is 4.41. The molecule has 112 valence electrons. The Hall–Kier alpha value is -0.930. The predicted octanol–water partition coefficient (Wildman–Crippen LogP) is 4.22. The molecule has 3 heteroatoms. The Labute approximate surface area is 121 Å². The van der Waals surface area contributed by atoms with E-state index in [2.05, 4.69) is 5.32 Å². The Morgan fingerprint density at radius 3 is 2.40 bits per heavy atom. The fraction of sp³-hybridized carbons (Fsp3) is 0.647. The molecule has 0 bridgehead atoms. The minimum atomic E-state index is -0.276. The molecule has 0 aromatic heterocycles. The van der Waals surface area contributed by atoms with Crippen LogP contribution < -0.4 is 5.32 Å². The van der Waals surface area contributed by atoms with E-state index in [1.807, 2.05) is 26.1 Å². The fourth-order valence-electron chi connectivity index (χ4n) is 3.54. The first-order valence-corrected chi connectivity index (χ1v) is 7.79. The fourth-order valence-corrected chi connectivity index (χ4v) is 3.54. The molecule has 1 aromatic rings. The Morgan fingerprint density at radius 1 is 1.20 bits per heavy atom. The summed E-state index contributed by atoms with van der Waals surface area (Å²) in [5, 5.41) is 3.32. The lowest BCUT2D eigenvalue weighted by Crippen LogP contribution is -2.45. The third-order valence-corrected chi connectivity index (χ3v) is 4.41. The molecule has 0 spiro atoms. The number of hydrogen-bond acceptors (Lipinski definition) is 2. The second kappa shape index (κ2) is 7.19. The minimum absolute atomic E-state index is 0.0817. The van der Waals surface area contributed by atoms with Crippen LogP contribution in [0.2, 0.25) is 0 Å². The molecule has 2 rings (SSSR count). The molecule has 1 N–H and O–H groups in total. The SMILES string of the molecule is CCOC1(C(NC)c2ccccc2F)CCCCCC1. The van der Waals surface area contributed by atoms with Crippen molar-refractivity contribution in [3.63, 3.8) is 0 Å². The normalized spacial score (nSPS) is 20.4. The molecular weight excluding hydrogens is 253 g/mol. The quantitative estimate of drug-likeness (QED) is 0.815. The maximum absolute atomic E-state index is 14.2. The first-order chi connectivity index (χ1) is 9.73. The van der Waals surface area contributed by atoms with Crippen LogP contribution in [-0.4, -0.2) is 19.3 Å². The van der Waals surface area contributed by atoms with Crippen molar-refractivity contribution >= 4 is 0 Å². The lowest BCUT2D eigenvalue weighted by molar-refractivity contribution is -0.0773. The molecule has 1 atom stereocenters. The minimum Gasteiger partial charge on any atom is -0.373 e. The van der Waals surface area contributed by atoms with Crippen LogP contribution >= 0.6 is 0 Å². The topological polar surface area (TPSA) is 21.3 Å². The van der Waals surface area contributed by atoms with E-state index in [0.29, 0.717) is 6.61 Å². The zero-order chi connectivity index (χ0) is 14.4. The number of benzene rings is 1. The molecule has 2 nitrogen and oxygen atoms in total. The molecule has 1 unspecified atom stereocenters. The van der Waals surface area contributed by atoms with E-state index >= 15 is 0 Å². The molecule has 0 radical (unpaired) electrons. The van der Waals surface area contributed by atoms with Gasteiger partial charge in [-0.2, -0.15) is 0 Å². The van der Waals surface area contributed by atoms with Crippen molar-refractivity contribution in [2.24, 2.45) is 0 Å². The summed E-state index contributed by atoms with van der Waals surface area (Å²) in [4.78, 5) is 0. The van der Waals surface area contributed by atoms with Crippen molar-refractivity contribution in [2.45, 2.75) is 57.1 Å². The molecule has 1 aliphatic carbocycles. The molecule has 0 aliphatic heterocycles. The van der Waals surface area contributed by atoms with Crippen molar-refractivity contribution in [1.29, 1.82) is 0 Å². The summed E-state index contributed by atoms with van der Waals surface area (Å²) in [6, 6.07) is 6.98. The second-order valence-corrected chi connectivity index (χ2v) is 5.66. The van der Waals surface area contributed by atoms with E-state index in [9.17, 15) is 4.39 Å². The van der Waals surface area contributed by atoms with E-state index in [0.717, 1.165) is 31.2 Å². The van der Waals surface area contributed by atoms with Crippen LogP contribution in [0, 0.1) is 5.82 Å². The molecule has 0 saturated heterocycles. The zero-order valence-electron chi connectivity index (χ0n) is 12.6. The van der Waals surface area contributed by atoms with Crippen molar-refractivity contribution in [2.75, 3.05) is 13.7 Å². The van der Waals surface area contributed by atoms with Crippen molar-refractivity contribution < 1.29 is 9.13 Å². The van der Waals surface area contributed by atoms with Crippen LogP contribution in [0.1, 0.15) is 57.1 Å². The van der Waals surface area contributed by atoms with Gasteiger partial charge < -0.3 is 10.1 Å². The summed E-state index contributed by atoms with van der Waals surface area (Å²) in [6.07, 6.45) is 6.83. The van der Waals surface area contributed by atoms with Gasteiger partial charge in [-0.25, -0.2) is 4.39 Å². The Balaban J connectivity index is 2.36. The smallest absolute Gasteiger partial charge is 0.128 e. The largest absolute Gasteiger partial charge is 0.373 e. The Morgan fingerprint density at radius 2 is 1.85 bits per heavy atom. The zero-order valence-corrected chi connectivity index (χ0v) is 12.6. The van der Waals surface area contributed by atoms with Crippen LogP contribution in [-0.2, 0) is 4.74 Å². The van der Waals surface area contributed by atoms with Gasteiger partial charge in [-0.3, -0.25) is 0 Å². The number of rotatable bonds is 5. The van der Waals surface area contributed by atoms with Gasteiger partial charge >= 0.3 is 0 Å². The third kappa shape index (κ3) is 3.21.